The number of rotatable bonds is 4. The molecule has 0 spiro atoms. The van der Waals surface area contributed by atoms with Crippen LogP contribution in [0.1, 0.15) is 11.3 Å². The number of hydrogen-bond acceptors (Lipinski definition) is 3. The molecular weight excluding hydrogens is 326 g/mol. The fraction of sp³-hybridized carbons (Fsp3) is 0.136. The maximum atomic E-state index is 6.15. The zero-order chi connectivity index (χ0) is 17.9. The first-order valence-corrected chi connectivity index (χ1v) is 8.51. The molecule has 2 aromatic heterocycles. The van der Waals surface area contributed by atoms with Crippen LogP contribution in [-0.2, 0) is 6.54 Å². The van der Waals surface area contributed by atoms with Gasteiger partial charge in [0.25, 0.3) is 0 Å². The Kier molecular flexibility index (Phi) is 4.32. The lowest BCUT2D eigenvalue weighted by Crippen LogP contribution is -2.75. The summed E-state index contributed by atoms with van der Waals surface area (Å²) in [5, 5.41) is 2.06. The topological polar surface area (TPSA) is 49.5 Å². The third kappa shape index (κ3) is 3.26. The van der Waals surface area contributed by atoms with E-state index < -0.39 is 0 Å². The summed E-state index contributed by atoms with van der Waals surface area (Å²) in [5.74, 6) is 2.50. The van der Waals surface area contributed by atoms with Crippen LogP contribution in [0.4, 0.5) is 0 Å². The van der Waals surface area contributed by atoms with Crippen molar-refractivity contribution in [3.63, 3.8) is 0 Å². The lowest BCUT2D eigenvalue weighted by molar-refractivity contribution is -0.519. The van der Waals surface area contributed by atoms with Gasteiger partial charge in [-0.3, -0.25) is 0 Å². The van der Waals surface area contributed by atoms with Gasteiger partial charge in [-0.2, -0.15) is 0 Å². The Labute approximate surface area is 151 Å². The second kappa shape index (κ2) is 6.92. The van der Waals surface area contributed by atoms with Crippen molar-refractivity contribution in [3.8, 4) is 17.1 Å². The van der Waals surface area contributed by atoms with E-state index >= 15 is 0 Å². The zero-order valence-corrected chi connectivity index (χ0v) is 14.8. The van der Waals surface area contributed by atoms with Gasteiger partial charge in [0.2, 0.25) is 5.36 Å². The third-order valence-electron chi connectivity index (χ3n) is 4.33. The van der Waals surface area contributed by atoms with Gasteiger partial charge in [-0.1, -0.05) is 11.6 Å². The summed E-state index contributed by atoms with van der Waals surface area (Å²) in [5.41, 5.74) is 3.02. The largest absolute Gasteiger partial charge is 0.497 e. The fourth-order valence-electron chi connectivity index (χ4n) is 2.94. The molecule has 0 unspecified atom stereocenters. The van der Waals surface area contributed by atoms with Gasteiger partial charge in [-0.25, -0.2) is 4.99 Å². The molecule has 4 rings (SSSR count). The van der Waals surface area contributed by atoms with Gasteiger partial charge in [0.05, 0.1) is 24.8 Å². The SMILES string of the molecule is COc1ccc(-c2cc(=[NH+]Cc3ccco3)c3cc(C)ccc3o2)cc1. The van der Waals surface area contributed by atoms with E-state index in [9.17, 15) is 0 Å². The number of furan rings is 1. The van der Waals surface area contributed by atoms with E-state index in [2.05, 4.69) is 24.0 Å². The van der Waals surface area contributed by atoms with E-state index in [4.69, 9.17) is 13.6 Å². The van der Waals surface area contributed by atoms with Crippen LogP contribution in [0.3, 0.4) is 0 Å². The number of nitrogens with one attached hydrogen (secondary N) is 1. The molecule has 2 heterocycles. The highest BCUT2D eigenvalue weighted by Crippen LogP contribution is 2.24. The van der Waals surface area contributed by atoms with Crippen molar-refractivity contribution >= 4 is 11.0 Å². The van der Waals surface area contributed by atoms with E-state index in [-0.39, 0.29) is 0 Å². The molecule has 0 bridgehead atoms. The van der Waals surface area contributed by atoms with Crippen molar-refractivity contribution in [1.29, 1.82) is 0 Å². The van der Waals surface area contributed by atoms with Gasteiger partial charge in [0.15, 0.2) is 12.3 Å². The summed E-state index contributed by atoms with van der Waals surface area (Å²) >= 11 is 0. The molecule has 0 aliphatic carbocycles. The Morgan fingerprint density at radius 1 is 1.00 bits per heavy atom. The highest BCUT2D eigenvalue weighted by molar-refractivity contribution is 5.78. The molecule has 4 heteroatoms. The second-order valence-electron chi connectivity index (χ2n) is 6.19. The zero-order valence-electron chi connectivity index (χ0n) is 14.8. The first-order chi connectivity index (χ1) is 12.7. The molecule has 2 aromatic carbocycles. The Morgan fingerprint density at radius 2 is 1.85 bits per heavy atom. The number of ether oxygens (including phenoxy) is 1. The van der Waals surface area contributed by atoms with Crippen molar-refractivity contribution in [1.82, 2.24) is 0 Å². The van der Waals surface area contributed by atoms with Gasteiger partial charge in [0.1, 0.15) is 17.1 Å². The maximum Gasteiger partial charge on any atom is 0.213 e. The van der Waals surface area contributed by atoms with E-state index in [1.807, 2.05) is 48.5 Å². The number of aryl methyl sites for hydroxylation is 1. The highest BCUT2D eigenvalue weighted by atomic mass is 16.5. The second-order valence-corrected chi connectivity index (χ2v) is 6.19. The first-order valence-electron chi connectivity index (χ1n) is 8.51. The van der Waals surface area contributed by atoms with Gasteiger partial charge >= 0.3 is 0 Å². The standard InChI is InChI=1S/C22H19NO3/c1-15-5-10-21-19(12-15)20(23-14-18-4-3-11-25-18)13-22(26-21)16-6-8-17(24-2)9-7-16/h3-13H,14H2,1-2H3/p+1. The summed E-state index contributed by atoms with van der Waals surface area (Å²) in [6.07, 6.45) is 1.68. The Balaban J connectivity index is 1.86. The lowest BCUT2D eigenvalue weighted by Gasteiger charge is -2.05. The van der Waals surface area contributed by atoms with Crippen LogP contribution in [-0.4, -0.2) is 7.11 Å². The minimum atomic E-state index is 0.613. The van der Waals surface area contributed by atoms with Crippen molar-refractivity contribution in [2.24, 2.45) is 0 Å². The molecule has 0 atom stereocenters. The van der Waals surface area contributed by atoms with Crippen LogP contribution in [0, 0.1) is 6.92 Å². The van der Waals surface area contributed by atoms with Crippen LogP contribution in [0.5, 0.6) is 5.75 Å². The summed E-state index contributed by atoms with van der Waals surface area (Å²) in [6, 6.07) is 19.9. The molecule has 26 heavy (non-hydrogen) atoms. The quantitative estimate of drug-likeness (QED) is 0.617. The predicted molar refractivity (Wildman–Crippen MR) is 99.4 cm³/mol. The van der Waals surface area contributed by atoms with Crippen LogP contribution >= 0.6 is 0 Å². The summed E-state index contributed by atoms with van der Waals surface area (Å²) < 4.78 is 16.8. The van der Waals surface area contributed by atoms with E-state index in [1.165, 1.54) is 5.56 Å². The number of hydrogen-bond donors (Lipinski definition) is 1. The van der Waals surface area contributed by atoms with Crippen LogP contribution < -0.4 is 15.1 Å². The molecule has 0 aliphatic heterocycles. The smallest absolute Gasteiger partial charge is 0.213 e. The molecule has 0 aliphatic rings. The highest BCUT2D eigenvalue weighted by Gasteiger charge is 2.10. The summed E-state index contributed by atoms with van der Waals surface area (Å²) in [4.78, 5) is 3.47. The maximum absolute atomic E-state index is 6.15. The Bertz CT molecular complexity index is 1090. The molecule has 1 N–H and O–H groups in total. The molecule has 0 saturated carbocycles. The molecular formula is C22H20NO3+. The summed E-state index contributed by atoms with van der Waals surface area (Å²) in [7, 11) is 1.66. The average molecular weight is 346 g/mol. The van der Waals surface area contributed by atoms with Gasteiger partial charge < -0.3 is 13.6 Å². The van der Waals surface area contributed by atoms with Crippen molar-refractivity contribution in [3.05, 3.63) is 83.6 Å². The molecule has 130 valence electrons. The number of fused-ring (bicyclic) bond motifs is 1. The van der Waals surface area contributed by atoms with Crippen LogP contribution in [0.25, 0.3) is 22.3 Å². The Morgan fingerprint density at radius 3 is 2.58 bits per heavy atom. The molecule has 4 nitrogen and oxygen atoms in total. The summed E-state index contributed by atoms with van der Waals surface area (Å²) in [6.45, 7) is 2.69. The van der Waals surface area contributed by atoms with Crippen LogP contribution in [0.2, 0.25) is 0 Å². The van der Waals surface area contributed by atoms with Crippen molar-refractivity contribution in [2.75, 3.05) is 7.11 Å². The van der Waals surface area contributed by atoms with Gasteiger partial charge in [0, 0.05) is 5.56 Å². The van der Waals surface area contributed by atoms with E-state index in [1.54, 1.807) is 13.4 Å². The van der Waals surface area contributed by atoms with E-state index in [0.29, 0.717) is 6.54 Å². The van der Waals surface area contributed by atoms with Crippen molar-refractivity contribution < 1.29 is 18.6 Å². The van der Waals surface area contributed by atoms with E-state index in [0.717, 1.165) is 39.2 Å². The molecule has 0 radical (unpaired) electrons. The monoisotopic (exact) mass is 346 g/mol. The molecule has 4 aromatic rings. The predicted octanol–water partition coefficient (Wildman–Crippen LogP) is 3.19. The molecule has 0 saturated heterocycles. The van der Waals surface area contributed by atoms with Gasteiger partial charge in [-0.15, -0.1) is 0 Å². The van der Waals surface area contributed by atoms with Gasteiger partial charge in [-0.05, 0) is 55.5 Å². The third-order valence-corrected chi connectivity index (χ3v) is 4.33. The first kappa shape index (κ1) is 16.2. The lowest BCUT2D eigenvalue weighted by atomic mass is 10.1. The number of methoxy groups -OCH3 is 1. The minimum Gasteiger partial charge on any atom is -0.497 e. The van der Waals surface area contributed by atoms with Crippen LogP contribution in [0.15, 0.2) is 75.8 Å². The normalized spacial score (nSPS) is 11.8. The van der Waals surface area contributed by atoms with Crippen molar-refractivity contribution in [2.45, 2.75) is 13.5 Å². The average Bonchev–Trinajstić information content (AvgIpc) is 3.20. The fourth-order valence-corrected chi connectivity index (χ4v) is 2.94. The molecule has 0 fully saturated rings. The molecule has 0 amide bonds. The minimum absolute atomic E-state index is 0.613. The Hall–Kier alpha value is -3.27. The number of benzene rings is 2.